The van der Waals surface area contributed by atoms with Crippen molar-refractivity contribution in [3.63, 3.8) is 0 Å². The van der Waals surface area contributed by atoms with Crippen LogP contribution in [0.1, 0.15) is 24.4 Å². The van der Waals surface area contributed by atoms with Gasteiger partial charge in [-0.1, -0.05) is 12.1 Å². The van der Waals surface area contributed by atoms with Gasteiger partial charge in [0, 0.05) is 25.7 Å². The average Bonchev–Trinajstić information content (AvgIpc) is 3.05. The van der Waals surface area contributed by atoms with Crippen LogP contribution in [0.4, 0.5) is 0 Å². The van der Waals surface area contributed by atoms with Crippen LogP contribution in [0.15, 0.2) is 53.3 Å². The first-order chi connectivity index (χ1) is 13.2. The maximum atomic E-state index is 12.3. The first kappa shape index (κ1) is 17.4. The predicted molar refractivity (Wildman–Crippen MR) is 104 cm³/mol. The van der Waals surface area contributed by atoms with Gasteiger partial charge >= 0.3 is 5.69 Å². The standard InChI is InChI=1S/C21H22N4O2/c22-15-16-5-7-18(8-6-16)27-14-13-24-11-9-17(10-12-24)25-20-4-2-1-3-19(20)23-21(25)26/h1-8,17H,9-14H2,(H,23,26). The highest BCUT2D eigenvalue weighted by atomic mass is 16.5. The molecule has 2 aromatic carbocycles. The monoisotopic (exact) mass is 362 g/mol. The molecule has 2 heterocycles. The maximum Gasteiger partial charge on any atom is 0.326 e. The number of aromatic nitrogens is 2. The molecule has 0 unspecified atom stereocenters. The topological polar surface area (TPSA) is 74.0 Å². The van der Waals surface area contributed by atoms with Crippen LogP contribution in [0.5, 0.6) is 5.75 Å². The zero-order chi connectivity index (χ0) is 18.6. The molecular formula is C21H22N4O2. The van der Waals surface area contributed by atoms with E-state index in [4.69, 9.17) is 10.00 Å². The number of likely N-dealkylation sites (tertiary alicyclic amines) is 1. The summed E-state index contributed by atoms with van der Waals surface area (Å²) in [5.41, 5.74) is 2.52. The molecule has 6 nitrogen and oxygen atoms in total. The molecule has 0 bridgehead atoms. The van der Waals surface area contributed by atoms with Crippen LogP contribution in [-0.2, 0) is 0 Å². The lowest BCUT2D eigenvalue weighted by Crippen LogP contribution is -2.38. The van der Waals surface area contributed by atoms with Gasteiger partial charge in [0.1, 0.15) is 12.4 Å². The Labute approximate surface area is 157 Å². The summed E-state index contributed by atoms with van der Waals surface area (Å²) in [6, 6.07) is 17.4. The summed E-state index contributed by atoms with van der Waals surface area (Å²) < 4.78 is 7.69. The zero-order valence-corrected chi connectivity index (χ0v) is 15.1. The van der Waals surface area contributed by atoms with Crippen molar-refractivity contribution in [2.45, 2.75) is 18.9 Å². The quantitative estimate of drug-likeness (QED) is 0.757. The number of nitriles is 1. The van der Waals surface area contributed by atoms with Crippen molar-refractivity contribution in [3.05, 3.63) is 64.6 Å². The van der Waals surface area contributed by atoms with Crippen LogP contribution in [0.3, 0.4) is 0 Å². The van der Waals surface area contributed by atoms with Crippen LogP contribution >= 0.6 is 0 Å². The number of aromatic amines is 1. The number of H-pyrrole nitrogens is 1. The summed E-state index contributed by atoms with van der Waals surface area (Å²) >= 11 is 0. The molecule has 6 heteroatoms. The Morgan fingerprint density at radius 3 is 2.59 bits per heavy atom. The Morgan fingerprint density at radius 2 is 1.85 bits per heavy atom. The van der Waals surface area contributed by atoms with Gasteiger partial charge in [0.25, 0.3) is 0 Å². The Balaban J connectivity index is 1.30. The Bertz CT molecular complexity index is 1010. The number of fused-ring (bicyclic) bond motifs is 1. The largest absolute Gasteiger partial charge is 0.492 e. The molecule has 138 valence electrons. The van der Waals surface area contributed by atoms with E-state index in [2.05, 4.69) is 16.0 Å². The molecule has 4 rings (SSSR count). The summed E-state index contributed by atoms with van der Waals surface area (Å²) in [7, 11) is 0. The Hall–Kier alpha value is -3.04. The molecule has 0 aliphatic carbocycles. The van der Waals surface area contributed by atoms with Gasteiger partial charge in [0.2, 0.25) is 0 Å². The third-order valence-corrected chi connectivity index (χ3v) is 5.21. The maximum absolute atomic E-state index is 12.3. The van der Waals surface area contributed by atoms with E-state index in [1.54, 1.807) is 12.1 Å². The molecule has 0 spiro atoms. The molecule has 1 N–H and O–H groups in total. The molecule has 0 amide bonds. The first-order valence-electron chi connectivity index (χ1n) is 9.29. The second-order valence-electron chi connectivity index (χ2n) is 6.87. The lowest BCUT2D eigenvalue weighted by Gasteiger charge is -2.32. The van der Waals surface area contributed by atoms with Crippen molar-refractivity contribution < 1.29 is 4.74 Å². The Morgan fingerprint density at radius 1 is 1.11 bits per heavy atom. The number of ether oxygens (including phenoxy) is 1. The minimum absolute atomic E-state index is 0.0150. The molecule has 27 heavy (non-hydrogen) atoms. The number of nitrogens with zero attached hydrogens (tertiary/aromatic N) is 3. The minimum atomic E-state index is -0.0150. The summed E-state index contributed by atoms with van der Waals surface area (Å²) in [4.78, 5) is 17.7. The molecular weight excluding hydrogens is 340 g/mol. The van der Waals surface area contributed by atoms with Gasteiger partial charge in [0.05, 0.1) is 22.7 Å². The van der Waals surface area contributed by atoms with E-state index >= 15 is 0 Å². The van der Waals surface area contributed by atoms with E-state index in [0.29, 0.717) is 12.2 Å². The fourth-order valence-corrected chi connectivity index (χ4v) is 3.76. The van der Waals surface area contributed by atoms with Gasteiger partial charge < -0.3 is 9.72 Å². The zero-order valence-electron chi connectivity index (χ0n) is 15.1. The van der Waals surface area contributed by atoms with Gasteiger partial charge in [-0.15, -0.1) is 0 Å². The molecule has 1 aromatic heterocycles. The van der Waals surface area contributed by atoms with E-state index in [0.717, 1.165) is 49.3 Å². The second kappa shape index (κ2) is 7.68. The van der Waals surface area contributed by atoms with E-state index in [9.17, 15) is 4.79 Å². The van der Waals surface area contributed by atoms with Crippen LogP contribution in [0.25, 0.3) is 11.0 Å². The molecule has 1 fully saturated rings. The molecule has 0 radical (unpaired) electrons. The number of nitrogens with one attached hydrogen (secondary N) is 1. The highest BCUT2D eigenvalue weighted by Gasteiger charge is 2.23. The third kappa shape index (κ3) is 3.74. The second-order valence-corrected chi connectivity index (χ2v) is 6.87. The summed E-state index contributed by atoms with van der Waals surface area (Å²) in [6.07, 6.45) is 1.91. The molecule has 0 saturated carbocycles. The summed E-state index contributed by atoms with van der Waals surface area (Å²) in [6.45, 7) is 3.37. The van der Waals surface area contributed by atoms with Gasteiger partial charge in [-0.3, -0.25) is 9.47 Å². The van der Waals surface area contributed by atoms with Crippen LogP contribution in [0, 0.1) is 11.3 Å². The molecule has 1 aliphatic heterocycles. The number of para-hydroxylation sites is 2. The predicted octanol–water partition coefficient (Wildman–Crippen LogP) is 2.92. The minimum Gasteiger partial charge on any atom is -0.492 e. The summed E-state index contributed by atoms with van der Waals surface area (Å²) in [5.74, 6) is 0.786. The van der Waals surface area contributed by atoms with Crippen molar-refractivity contribution in [2.75, 3.05) is 26.2 Å². The normalized spacial score (nSPS) is 15.7. The highest BCUT2D eigenvalue weighted by Crippen LogP contribution is 2.24. The molecule has 0 atom stereocenters. The van der Waals surface area contributed by atoms with Crippen LogP contribution in [-0.4, -0.2) is 40.7 Å². The van der Waals surface area contributed by atoms with Crippen LogP contribution < -0.4 is 10.4 Å². The average molecular weight is 362 g/mol. The number of hydrogen-bond donors (Lipinski definition) is 1. The fraction of sp³-hybridized carbons (Fsp3) is 0.333. The number of benzene rings is 2. The SMILES string of the molecule is N#Cc1ccc(OCCN2CCC(n3c(=O)[nH]c4ccccc43)CC2)cc1. The fourth-order valence-electron chi connectivity index (χ4n) is 3.76. The molecule has 1 aliphatic rings. The van der Waals surface area contributed by atoms with Gasteiger partial charge in [-0.05, 0) is 49.2 Å². The van der Waals surface area contributed by atoms with Crippen molar-refractivity contribution >= 4 is 11.0 Å². The van der Waals surface area contributed by atoms with E-state index in [1.807, 2.05) is 41.0 Å². The third-order valence-electron chi connectivity index (χ3n) is 5.21. The smallest absolute Gasteiger partial charge is 0.326 e. The first-order valence-corrected chi connectivity index (χ1v) is 9.29. The molecule has 3 aromatic rings. The van der Waals surface area contributed by atoms with Crippen LogP contribution in [0.2, 0.25) is 0 Å². The number of hydrogen-bond acceptors (Lipinski definition) is 4. The van der Waals surface area contributed by atoms with E-state index in [-0.39, 0.29) is 11.7 Å². The van der Waals surface area contributed by atoms with E-state index < -0.39 is 0 Å². The Kier molecular flexibility index (Phi) is 4.95. The summed E-state index contributed by atoms with van der Waals surface area (Å²) in [5, 5.41) is 8.82. The van der Waals surface area contributed by atoms with Gasteiger partial charge in [0.15, 0.2) is 0 Å². The van der Waals surface area contributed by atoms with Crippen molar-refractivity contribution in [1.29, 1.82) is 5.26 Å². The van der Waals surface area contributed by atoms with E-state index in [1.165, 1.54) is 0 Å². The number of piperidine rings is 1. The van der Waals surface area contributed by atoms with Crippen molar-refractivity contribution in [1.82, 2.24) is 14.5 Å². The van der Waals surface area contributed by atoms with Gasteiger partial charge in [-0.25, -0.2) is 4.79 Å². The lowest BCUT2D eigenvalue weighted by molar-refractivity contribution is 0.157. The highest BCUT2D eigenvalue weighted by molar-refractivity contribution is 5.75. The number of rotatable bonds is 5. The lowest BCUT2D eigenvalue weighted by atomic mass is 10.0. The number of imidazole rings is 1. The van der Waals surface area contributed by atoms with Crippen molar-refractivity contribution in [2.24, 2.45) is 0 Å². The van der Waals surface area contributed by atoms with Gasteiger partial charge in [-0.2, -0.15) is 5.26 Å². The molecule has 1 saturated heterocycles. The van der Waals surface area contributed by atoms with Crippen molar-refractivity contribution in [3.8, 4) is 11.8 Å².